The Bertz CT molecular complexity index is 518. The molecule has 0 spiro atoms. The maximum absolute atomic E-state index is 10.8. The van der Waals surface area contributed by atoms with E-state index in [4.69, 9.17) is 9.63 Å². The second-order valence-corrected chi connectivity index (χ2v) is 4.70. The lowest BCUT2D eigenvalue weighted by molar-refractivity contribution is 0.148. The fraction of sp³-hybridized carbons (Fsp3) is 0.545. The summed E-state index contributed by atoms with van der Waals surface area (Å²) in [6.07, 6.45) is -0.916. The molecule has 1 N–H and O–H groups in total. The van der Waals surface area contributed by atoms with Gasteiger partial charge in [0.25, 0.3) is 0 Å². The Balaban J connectivity index is 1.87. The zero-order chi connectivity index (χ0) is 12.2. The molecule has 6 nitrogen and oxygen atoms in total. The topological polar surface area (TPSA) is 90.4 Å². The molecule has 0 bridgehead atoms. The SMILES string of the molecule is Cc1cc(C2(C#N)[C@@H]3CN(C(=O)O)C[C@@H]32)no1. The van der Waals surface area contributed by atoms with Crippen molar-refractivity contribution in [1.29, 1.82) is 5.26 Å². The quantitative estimate of drug-likeness (QED) is 0.780. The van der Waals surface area contributed by atoms with Gasteiger partial charge in [-0.1, -0.05) is 5.16 Å². The summed E-state index contributed by atoms with van der Waals surface area (Å²) < 4.78 is 5.00. The molecule has 17 heavy (non-hydrogen) atoms. The van der Waals surface area contributed by atoms with E-state index in [0.717, 1.165) is 0 Å². The molecule has 3 rings (SSSR count). The van der Waals surface area contributed by atoms with Gasteiger partial charge in [-0.25, -0.2) is 4.79 Å². The van der Waals surface area contributed by atoms with Gasteiger partial charge in [-0.15, -0.1) is 0 Å². The van der Waals surface area contributed by atoms with Crippen molar-refractivity contribution < 1.29 is 14.4 Å². The number of piperidine rings is 1. The number of hydrogen-bond donors (Lipinski definition) is 1. The Kier molecular flexibility index (Phi) is 1.79. The molecule has 2 heterocycles. The molecule has 2 aliphatic rings. The monoisotopic (exact) mass is 233 g/mol. The van der Waals surface area contributed by atoms with Gasteiger partial charge in [0, 0.05) is 31.0 Å². The average molecular weight is 233 g/mol. The molecule has 1 aliphatic carbocycles. The highest BCUT2D eigenvalue weighted by molar-refractivity contribution is 5.66. The number of fused-ring (bicyclic) bond motifs is 1. The lowest BCUT2D eigenvalue weighted by Gasteiger charge is -2.18. The molecule has 0 radical (unpaired) electrons. The van der Waals surface area contributed by atoms with Crippen molar-refractivity contribution in [2.75, 3.05) is 13.1 Å². The van der Waals surface area contributed by atoms with Crippen LogP contribution < -0.4 is 0 Å². The third-order valence-corrected chi connectivity index (χ3v) is 3.89. The first-order chi connectivity index (χ1) is 8.09. The van der Waals surface area contributed by atoms with Crippen LogP contribution in [0.3, 0.4) is 0 Å². The van der Waals surface area contributed by atoms with Gasteiger partial charge >= 0.3 is 6.09 Å². The highest BCUT2D eigenvalue weighted by Gasteiger charge is 2.72. The lowest BCUT2D eigenvalue weighted by Crippen LogP contribution is -2.33. The highest BCUT2D eigenvalue weighted by Crippen LogP contribution is 2.62. The van der Waals surface area contributed by atoms with Gasteiger partial charge in [-0.2, -0.15) is 5.26 Å². The zero-order valence-corrected chi connectivity index (χ0v) is 9.25. The summed E-state index contributed by atoms with van der Waals surface area (Å²) in [6.45, 7) is 2.61. The molecule has 1 saturated heterocycles. The molecule has 2 fully saturated rings. The molecule has 1 aromatic rings. The molecule has 0 aromatic carbocycles. The first-order valence-corrected chi connectivity index (χ1v) is 5.42. The van der Waals surface area contributed by atoms with Gasteiger partial charge in [-0.05, 0) is 6.92 Å². The molecule has 1 aliphatic heterocycles. The van der Waals surface area contributed by atoms with Crippen molar-refractivity contribution in [3.63, 3.8) is 0 Å². The predicted octanol–water partition coefficient (Wildman–Crippen LogP) is 0.984. The summed E-state index contributed by atoms with van der Waals surface area (Å²) in [6, 6.07) is 4.07. The summed E-state index contributed by atoms with van der Waals surface area (Å²) in [5.41, 5.74) is 0.0292. The summed E-state index contributed by atoms with van der Waals surface area (Å²) in [4.78, 5) is 12.2. The Morgan fingerprint density at radius 1 is 1.71 bits per heavy atom. The average Bonchev–Trinajstić information content (AvgIpc) is 2.72. The maximum Gasteiger partial charge on any atom is 0.407 e. The summed E-state index contributed by atoms with van der Waals surface area (Å²) in [7, 11) is 0. The van der Waals surface area contributed by atoms with Crippen LogP contribution in [0, 0.1) is 30.1 Å². The Morgan fingerprint density at radius 3 is 2.76 bits per heavy atom. The van der Waals surface area contributed by atoms with Crippen LogP contribution in [0.25, 0.3) is 0 Å². The van der Waals surface area contributed by atoms with Crippen LogP contribution in [0.15, 0.2) is 10.6 Å². The third kappa shape index (κ3) is 1.14. The molecule has 1 amide bonds. The van der Waals surface area contributed by atoms with E-state index in [1.54, 1.807) is 13.0 Å². The standard InChI is InChI=1S/C11H11N3O3/c1-6-2-9(13-17-6)11(5-12)7-3-14(10(15)16)4-8(7)11/h2,7-8H,3-4H2,1H3,(H,15,16)/t7-,8+,11?. The van der Waals surface area contributed by atoms with Crippen molar-refractivity contribution >= 4 is 6.09 Å². The number of aryl methyl sites for hydroxylation is 1. The minimum atomic E-state index is -0.916. The molecule has 88 valence electrons. The van der Waals surface area contributed by atoms with Crippen LogP contribution in [0.2, 0.25) is 0 Å². The van der Waals surface area contributed by atoms with E-state index >= 15 is 0 Å². The Morgan fingerprint density at radius 2 is 2.35 bits per heavy atom. The minimum absolute atomic E-state index is 0.0631. The smallest absolute Gasteiger partial charge is 0.407 e. The van der Waals surface area contributed by atoms with Gasteiger partial charge in [0.05, 0.1) is 6.07 Å². The number of carboxylic acid groups (broad SMARTS) is 1. The summed E-state index contributed by atoms with van der Waals surface area (Å²) in [5, 5.41) is 22.1. The first kappa shape index (κ1) is 10.1. The van der Waals surface area contributed by atoms with Crippen molar-refractivity contribution in [2.45, 2.75) is 12.3 Å². The van der Waals surface area contributed by atoms with Gasteiger partial charge in [0.2, 0.25) is 0 Å². The number of nitriles is 1. The van der Waals surface area contributed by atoms with E-state index in [9.17, 15) is 10.1 Å². The van der Waals surface area contributed by atoms with Crippen molar-refractivity contribution in [3.05, 3.63) is 17.5 Å². The van der Waals surface area contributed by atoms with E-state index in [1.807, 2.05) is 0 Å². The highest BCUT2D eigenvalue weighted by atomic mass is 16.5. The van der Waals surface area contributed by atoms with E-state index in [-0.39, 0.29) is 11.8 Å². The fourth-order valence-corrected chi connectivity index (χ4v) is 2.95. The van der Waals surface area contributed by atoms with Crippen LogP contribution in [0.1, 0.15) is 11.5 Å². The Hall–Kier alpha value is -2.03. The summed E-state index contributed by atoms with van der Waals surface area (Å²) in [5.74, 6) is 0.802. The van der Waals surface area contributed by atoms with E-state index in [2.05, 4.69) is 11.2 Å². The number of carbonyl (C=O) groups is 1. The third-order valence-electron chi connectivity index (χ3n) is 3.89. The maximum atomic E-state index is 10.8. The molecular weight excluding hydrogens is 222 g/mol. The number of rotatable bonds is 1. The van der Waals surface area contributed by atoms with Crippen LogP contribution in [-0.2, 0) is 5.41 Å². The fourth-order valence-electron chi connectivity index (χ4n) is 2.95. The number of hydrogen-bond acceptors (Lipinski definition) is 4. The first-order valence-electron chi connectivity index (χ1n) is 5.42. The molecule has 1 unspecified atom stereocenters. The second-order valence-electron chi connectivity index (χ2n) is 4.70. The molecular formula is C11H11N3O3. The van der Waals surface area contributed by atoms with Crippen molar-refractivity contribution in [2.24, 2.45) is 11.8 Å². The number of likely N-dealkylation sites (tertiary alicyclic amines) is 1. The van der Waals surface area contributed by atoms with Crippen molar-refractivity contribution in [3.8, 4) is 6.07 Å². The van der Waals surface area contributed by atoms with Crippen LogP contribution in [-0.4, -0.2) is 34.3 Å². The summed E-state index contributed by atoms with van der Waals surface area (Å²) >= 11 is 0. The van der Waals surface area contributed by atoms with Gasteiger partial charge in [0.1, 0.15) is 16.9 Å². The second kappa shape index (κ2) is 3.00. The van der Waals surface area contributed by atoms with Gasteiger partial charge in [-0.3, -0.25) is 0 Å². The van der Waals surface area contributed by atoms with Crippen LogP contribution in [0.5, 0.6) is 0 Å². The minimum Gasteiger partial charge on any atom is -0.465 e. The Labute approximate surface area is 97.4 Å². The predicted molar refractivity (Wildman–Crippen MR) is 55.1 cm³/mol. The van der Waals surface area contributed by atoms with E-state index in [1.165, 1.54) is 4.90 Å². The number of amides is 1. The lowest BCUT2D eigenvalue weighted by atomic mass is 9.97. The molecule has 1 saturated carbocycles. The molecule has 3 atom stereocenters. The number of aromatic nitrogens is 1. The van der Waals surface area contributed by atoms with E-state index < -0.39 is 11.5 Å². The van der Waals surface area contributed by atoms with Crippen LogP contribution in [0.4, 0.5) is 4.79 Å². The largest absolute Gasteiger partial charge is 0.465 e. The van der Waals surface area contributed by atoms with Crippen LogP contribution >= 0.6 is 0 Å². The zero-order valence-electron chi connectivity index (χ0n) is 9.25. The van der Waals surface area contributed by atoms with Gasteiger partial charge < -0.3 is 14.5 Å². The molecule has 6 heteroatoms. The van der Waals surface area contributed by atoms with Gasteiger partial charge in [0.15, 0.2) is 0 Å². The normalized spacial score (nSPS) is 34.2. The number of nitrogens with zero attached hydrogens (tertiary/aromatic N) is 3. The van der Waals surface area contributed by atoms with E-state index in [0.29, 0.717) is 24.5 Å². The van der Waals surface area contributed by atoms with Crippen molar-refractivity contribution in [1.82, 2.24) is 10.1 Å². The molecule has 1 aromatic heterocycles.